The molecule has 0 spiro atoms. The second-order valence-corrected chi connectivity index (χ2v) is 6.97. The molecule has 3 aromatic rings. The van der Waals surface area contributed by atoms with Gasteiger partial charge in [-0.1, -0.05) is 12.1 Å². The summed E-state index contributed by atoms with van der Waals surface area (Å²) >= 11 is 0. The highest BCUT2D eigenvalue weighted by Crippen LogP contribution is 2.33. The molecule has 0 saturated carbocycles. The van der Waals surface area contributed by atoms with E-state index in [-0.39, 0.29) is 33.5 Å². The van der Waals surface area contributed by atoms with Crippen molar-refractivity contribution < 1.29 is 27.8 Å². The second-order valence-electron chi connectivity index (χ2n) is 5.58. The van der Waals surface area contributed by atoms with Gasteiger partial charge in [-0.3, -0.25) is 19.5 Å². The summed E-state index contributed by atoms with van der Waals surface area (Å²) in [5.74, 6) is -0.999. The Morgan fingerprint density at radius 2 is 1.74 bits per heavy atom. The van der Waals surface area contributed by atoms with Crippen molar-refractivity contribution in [3.63, 3.8) is 0 Å². The van der Waals surface area contributed by atoms with Crippen LogP contribution in [0.3, 0.4) is 0 Å². The lowest BCUT2D eigenvalue weighted by atomic mass is 10.1. The summed E-state index contributed by atoms with van der Waals surface area (Å²) in [7, 11) is -4.68. The number of nitro groups is 1. The number of nitrogens with one attached hydrogen (secondary N) is 1. The molecule has 1 amide bonds. The number of amides is 1. The largest absolute Gasteiger partial charge is 0.508 e. The first-order chi connectivity index (χ1) is 12.7. The Labute approximate surface area is 152 Å². The standard InChI is InChI=1S/C17H12N2O7S/c20-13-8-11-2-1-3-14(16(11)15(9-13)27(24,25)26)18-17(21)10-4-6-12(7-5-10)19(22)23/h1-9,20H,(H,18,21)(H,24,25,26). The number of anilines is 1. The van der Waals surface area contributed by atoms with E-state index >= 15 is 0 Å². The molecule has 0 saturated heterocycles. The van der Waals surface area contributed by atoms with Crippen LogP contribution in [0.2, 0.25) is 0 Å². The van der Waals surface area contributed by atoms with Gasteiger partial charge in [0, 0.05) is 29.1 Å². The van der Waals surface area contributed by atoms with E-state index in [0.717, 1.165) is 6.07 Å². The number of hydrogen-bond acceptors (Lipinski definition) is 6. The molecule has 0 radical (unpaired) electrons. The predicted octanol–water partition coefficient (Wildman–Crippen LogP) is 2.95. The minimum atomic E-state index is -4.68. The molecule has 3 N–H and O–H groups in total. The van der Waals surface area contributed by atoms with Gasteiger partial charge >= 0.3 is 0 Å². The Balaban J connectivity index is 2.07. The van der Waals surface area contributed by atoms with Crippen LogP contribution in [0, 0.1) is 10.1 Å². The molecular formula is C17H12N2O7S. The minimum absolute atomic E-state index is 0.0214. The Bertz CT molecular complexity index is 1170. The Morgan fingerprint density at radius 3 is 2.33 bits per heavy atom. The molecule has 0 fully saturated rings. The molecule has 0 atom stereocenters. The van der Waals surface area contributed by atoms with Gasteiger partial charge in [-0.25, -0.2) is 0 Å². The molecule has 0 aliphatic carbocycles. The molecule has 0 bridgehead atoms. The fourth-order valence-electron chi connectivity index (χ4n) is 2.61. The first-order valence-electron chi connectivity index (χ1n) is 7.46. The monoisotopic (exact) mass is 388 g/mol. The maximum atomic E-state index is 12.4. The number of phenols is 1. The van der Waals surface area contributed by atoms with Crippen LogP contribution < -0.4 is 5.32 Å². The van der Waals surface area contributed by atoms with E-state index in [4.69, 9.17) is 0 Å². The number of carbonyl (C=O) groups is 1. The first-order valence-corrected chi connectivity index (χ1v) is 8.90. The zero-order chi connectivity index (χ0) is 19.8. The Hall–Kier alpha value is -3.50. The predicted molar refractivity (Wildman–Crippen MR) is 96.5 cm³/mol. The summed E-state index contributed by atoms with van der Waals surface area (Å²) in [5.41, 5.74) is 0.0223. The topological polar surface area (TPSA) is 147 Å². The van der Waals surface area contributed by atoms with Gasteiger partial charge in [0.15, 0.2) is 0 Å². The van der Waals surface area contributed by atoms with Crippen molar-refractivity contribution in [2.24, 2.45) is 0 Å². The average molecular weight is 388 g/mol. The van der Waals surface area contributed by atoms with Crippen molar-refractivity contribution in [1.29, 1.82) is 0 Å². The van der Waals surface area contributed by atoms with E-state index in [1.54, 1.807) is 0 Å². The third kappa shape index (κ3) is 3.71. The first kappa shape index (κ1) is 18.3. The fourth-order valence-corrected chi connectivity index (χ4v) is 3.36. The van der Waals surface area contributed by atoms with Crippen LogP contribution >= 0.6 is 0 Å². The molecule has 3 aromatic carbocycles. The summed E-state index contributed by atoms with van der Waals surface area (Å²) in [6.07, 6.45) is 0. The lowest BCUT2D eigenvalue weighted by Crippen LogP contribution is -2.13. The van der Waals surface area contributed by atoms with Crippen LogP contribution in [0.25, 0.3) is 10.8 Å². The van der Waals surface area contributed by atoms with E-state index in [1.807, 2.05) is 0 Å². The third-order valence-electron chi connectivity index (χ3n) is 3.79. The highest BCUT2D eigenvalue weighted by atomic mass is 32.2. The zero-order valence-corrected chi connectivity index (χ0v) is 14.3. The normalized spacial score (nSPS) is 11.3. The van der Waals surface area contributed by atoms with Gasteiger partial charge in [0.25, 0.3) is 21.7 Å². The lowest BCUT2D eigenvalue weighted by molar-refractivity contribution is -0.384. The van der Waals surface area contributed by atoms with Gasteiger partial charge in [-0.15, -0.1) is 0 Å². The summed E-state index contributed by atoms with van der Waals surface area (Å²) in [4.78, 5) is 21.9. The lowest BCUT2D eigenvalue weighted by Gasteiger charge is -2.12. The molecular weight excluding hydrogens is 376 g/mol. The molecule has 0 unspecified atom stereocenters. The van der Waals surface area contributed by atoms with Crippen LogP contribution in [0.1, 0.15) is 10.4 Å². The smallest absolute Gasteiger partial charge is 0.295 e. The second kappa shape index (κ2) is 6.67. The SMILES string of the molecule is O=C(Nc1cccc2cc(O)cc(S(=O)(=O)O)c12)c1ccc([N+](=O)[O-])cc1. The molecule has 27 heavy (non-hydrogen) atoms. The summed E-state index contributed by atoms with van der Waals surface area (Å²) in [6, 6.07) is 11.5. The number of phenolic OH excluding ortho intramolecular Hbond substituents is 1. The van der Waals surface area contributed by atoms with Crippen LogP contribution in [-0.2, 0) is 10.1 Å². The quantitative estimate of drug-likeness (QED) is 0.354. The fraction of sp³-hybridized carbons (Fsp3) is 0. The van der Waals surface area contributed by atoms with E-state index in [9.17, 15) is 33.0 Å². The highest BCUT2D eigenvalue weighted by Gasteiger charge is 2.20. The van der Waals surface area contributed by atoms with E-state index < -0.39 is 25.8 Å². The number of hydrogen-bond donors (Lipinski definition) is 3. The molecule has 0 aromatic heterocycles. The van der Waals surface area contributed by atoms with Gasteiger partial charge in [0.2, 0.25) is 0 Å². The van der Waals surface area contributed by atoms with E-state index in [2.05, 4.69) is 5.32 Å². The molecule has 0 heterocycles. The van der Waals surface area contributed by atoms with Gasteiger partial charge < -0.3 is 10.4 Å². The summed E-state index contributed by atoms with van der Waals surface area (Å²) in [5, 5.41) is 23.2. The molecule has 0 aliphatic heterocycles. The molecule has 3 rings (SSSR count). The van der Waals surface area contributed by atoms with Crippen LogP contribution in [-0.4, -0.2) is 28.9 Å². The molecule has 10 heteroatoms. The molecule has 138 valence electrons. The van der Waals surface area contributed by atoms with Crippen LogP contribution in [0.4, 0.5) is 11.4 Å². The van der Waals surface area contributed by atoms with Gasteiger partial charge in [-0.05, 0) is 29.7 Å². The van der Waals surface area contributed by atoms with E-state index in [0.29, 0.717) is 0 Å². The maximum Gasteiger partial charge on any atom is 0.295 e. The number of nitrogens with zero attached hydrogens (tertiary/aromatic N) is 1. The van der Waals surface area contributed by atoms with Crippen molar-refractivity contribution in [3.8, 4) is 5.75 Å². The zero-order valence-electron chi connectivity index (χ0n) is 13.5. The van der Waals surface area contributed by atoms with Crippen molar-refractivity contribution in [2.75, 3.05) is 5.32 Å². The van der Waals surface area contributed by atoms with Crippen molar-refractivity contribution >= 4 is 38.2 Å². The average Bonchev–Trinajstić information content (AvgIpc) is 2.60. The molecule has 0 aliphatic rings. The number of nitro benzene ring substituents is 1. The minimum Gasteiger partial charge on any atom is -0.508 e. The van der Waals surface area contributed by atoms with Crippen molar-refractivity contribution in [1.82, 2.24) is 0 Å². The number of aromatic hydroxyl groups is 1. The van der Waals surface area contributed by atoms with Crippen molar-refractivity contribution in [2.45, 2.75) is 4.90 Å². The van der Waals surface area contributed by atoms with E-state index in [1.165, 1.54) is 48.5 Å². The van der Waals surface area contributed by atoms with Crippen molar-refractivity contribution in [3.05, 3.63) is 70.3 Å². The van der Waals surface area contributed by atoms with Crippen LogP contribution in [0.5, 0.6) is 5.75 Å². The van der Waals surface area contributed by atoms with Gasteiger partial charge in [0.05, 0.1) is 10.6 Å². The summed E-state index contributed by atoms with van der Waals surface area (Å²) in [6.45, 7) is 0. The number of non-ortho nitro benzene ring substituents is 1. The van der Waals surface area contributed by atoms with Crippen LogP contribution in [0.15, 0.2) is 59.5 Å². The number of fused-ring (bicyclic) bond motifs is 1. The Morgan fingerprint density at radius 1 is 1.07 bits per heavy atom. The van der Waals surface area contributed by atoms with Gasteiger partial charge in [0.1, 0.15) is 10.6 Å². The number of benzene rings is 3. The number of rotatable bonds is 4. The Kier molecular flexibility index (Phi) is 4.52. The third-order valence-corrected chi connectivity index (χ3v) is 4.67. The molecule has 9 nitrogen and oxygen atoms in total. The van der Waals surface area contributed by atoms with Gasteiger partial charge in [-0.2, -0.15) is 8.42 Å². The number of carbonyl (C=O) groups excluding carboxylic acids is 1. The summed E-state index contributed by atoms with van der Waals surface area (Å²) < 4.78 is 32.8. The highest BCUT2D eigenvalue weighted by molar-refractivity contribution is 7.86. The maximum absolute atomic E-state index is 12.4.